The summed E-state index contributed by atoms with van der Waals surface area (Å²) in [5.74, 6) is -0.222. The van der Waals surface area contributed by atoms with Crippen molar-refractivity contribution in [1.29, 1.82) is 0 Å². The van der Waals surface area contributed by atoms with Gasteiger partial charge in [0.25, 0.3) is 0 Å². The van der Waals surface area contributed by atoms with Crippen molar-refractivity contribution in [1.82, 2.24) is 4.90 Å². The van der Waals surface area contributed by atoms with Crippen molar-refractivity contribution in [3.63, 3.8) is 0 Å². The molecule has 2 unspecified atom stereocenters. The molecular formula is C31H28F3NO3. The van der Waals surface area contributed by atoms with E-state index < -0.39 is 11.7 Å². The molecule has 38 heavy (non-hydrogen) atoms. The molecule has 7 heteroatoms. The third-order valence-electron chi connectivity index (χ3n) is 8.06. The van der Waals surface area contributed by atoms with Gasteiger partial charge in [0.2, 0.25) is 0 Å². The number of amides is 1. The second kappa shape index (κ2) is 9.53. The molecule has 0 aromatic heterocycles. The lowest BCUT2D eigenvalue weighted by Crippen LogP contribution is -2.51. The number of rotatable bonds is 4. The van der Waals surface area contributed by atoms with Gasteiger partial charge in [-0.15, -0.1) is 0 Å². The predicted octanol–water partition coefficient (Wildman–Crippen LogP) is 7.67. The lowest BCUT2D eigenvalue weighted by molar-refractivity contribution is -0.138. The lowest BCUT2D eigenvalue weighted by atomic mass is 9.83. The molecule has 2 heterocycles. The van der Waals surface area contributed by atoms with Gasteiger partial charge in [0.1, 0.15) is 12.4 Å². The molecule has 0 spiro atoms. The number of alkyl halides is 3. The summed E-state index contributed by atoms with van der Waals surface area (Å²) >= 11 is 0. The predicted molar refractivity (Wildman–Crippen MR) is 139 cm³/mol. The molecule has 2 bridgehead atoms. The number of nitrogens with zero attached hydrogens (tertiary/aromatic N) is 1. The Morgan fingerprint density at radius 2 is 1.66 bits per heavy atom. The summed E-state index contributed by atoms with van der Waals surface area (Å²) in [4.78, 5) is 15.2. The Morgan fingerprint density at radius 1 is 0.974 bits per heavy atom. The minimum Gasteiger partial charge on any atom is -0.496 e. The van der Waals surface area contributed by atoms with Crippen molar-refractivity contribution >= 4 is 11.7 Å². The highest BCUT2D eigenvalue weighted by Crippen LogP contribution is 2.45. The molecular weight excluding hydrogens is 491 g/mol. The van der Waals surface area contributed by atoms with Crippen LogP contribution in [0.25, 0.3) is 16.7 Å². The molecule has 0 N–H and O–H groups in total. The zero-order valence-electron chi connectivity index (χ0n) is 21.0. The molecule has 6 rings (SSSR count). The van der Waals surface area contributed by atoms with Gasteiger partial charge in [-0.25, -0.2) is 4.79 Å². The van der Waals surface area contributed by atoms with Crippen LogP contribution in [0.15, 0.2) is 72.8 Å². The first-order valence-corrected chi connectivity index (χ1v) is 12.9. The smallest absolute Gasteiger partial charge is 0.419 e. The average molecular weight is 520 g/mol. The van der Waals surface area contributed by atoms with E-state index in [0.29, 0.717) is 12.0 Å². The largest absolute Gasteiger partial charge is 0.496 e. The average Bonchev–Trinajstić information content (AvgIpc) is 3.23. The second-order valence-corrected chi connectivity index (χ2v) is 10.2. The molecule has 1 fully saturated rings. The summed E-state index contributed by atoms with van der Waals surface area (Å²) in [7, 11) is 1.24. The molecule has 1 amide bonds. The van der Waals surface area contributed by atoms with Crippen molar-refractivity contribution < 1.29 is 27.4 Å². The van der Waals surface area contributed by atoms with E-state index in [9.17, 15) is 18.0 Å². The van der Waals surface area contributed by atoms with E-state index in [0.717, 1.165) is 42.0 Å². The summed E-state index contributed by atoms with van der Waals surface area (Å²) in [5, 5.41) is 0. The Hall–Kier alpha value is -3.74. The Labute approximate surface area is 219 Å². The summed E-state index contributed by atoms with van der Waals surface area (Å²) < 4.78 is 51.7. The third kappa shape index (κ3) is 4.24. The Kier molecular flexibility index (Phi) is 6.17. The SMILES string of the molecule is COc1ccc(C2=CC3CCCC(C2)N3C(=O)OCC2c3ccccc3-c3ccccc32)cc1C(F)(F)F. The number of methoxy groups -OCH3 is 1. The number of hydrogen-bond donors (Lipinski definition) is 0. The summed E-state index contributed by atoms with van der Waals surface area (Å²) in [6.07, 6.45) is 0.0705. The van der Waals surface area contributed by atoms with Crippen LogP contribution in [0.1, 0.15) is 53.9 Å². The normalized spacial score (nSPS) is 20.4. The molecule has 1 aliphatic carbocycles. The molecule has 196 valence electrons. The quantitative estimate of drug-likeness (QED) is 0.355. The fourth-order valence-corrected chi connectivity index (χ4v) is 6.33. The van der Waals surface area contributed by atoms with E-state index in [-0.39, 0.29) is 36.5 Å². The summed E-state index contributed by atoms with van der Waals surface area (Å²) in [6.45, 7) is 0.243. The molecule has 3 aromatic rings. The molecule has 1 saturated heterocycles. The highest BCUT2D eigenvalue weighted by atomic mass is 19.4. The number of halogens is 3. The monoisotopic (exact) mass is 519 g/mol. The second-order valence-electron chi connectivity index (χ2n) is 10.2. The first-order valence-electron chi connectivity index (χ1n) is 12.9. The maximum absolute atomic E-state index is 13.6. The zero-order chi connectivity index (χ0) is 26.4. The first kappa shape index (κ1) is 24.6. The number of carbonyl (C=O) groups is 1. The van der Waals surface area contributed by atoms with E-state index in [2.05, 4.69) is 24.3 Å². The number of hydrogen-bond acceptors (Lipinski definition) is 3. The molecule has 0 saturated carbocycles. The molecule has 3 aliphatic rings. The first-order chi connectivity index (χ1) is 18.3. The van der Waals surface area contributed by atoms with Gasteiger partial charge in [0.15, 0.2) is 0 Å². The van der Waals surface area contributed by atoms with E-state index in [1.165, 1.54) is 24.3 Å². The van der Waals surface area contributed by atoms with Crippen molar-refractivity contribution in [2.75, 3.05) is 13.7 Å². The van der Waals surface area contributed by atoms with Gasteiger partial charge in [0, 0.05) is 12.0 Å². The fourth-order valence-electron chi connectivity index (χ4n) is 6.33. The Bertz CT molecular complexity index is 1370. The van der Waals surface area contributed by atoms with Crippen LogP contribution in [0.3, 0.4) is 0 Å². The van der Waals surface area contributed by atoms with Crippen molar-refractivity contribution in [3.05, 3.63) is 95.1 Å². The van der Waals surface area contributed by atoms with Crippen LogP contribution in [-0.4, -0.2) is 36.8 Å². The number of ether oxygens (including phenoxy) is 2. The third-order valence-corrected chi connectivity index (χ3v) is 8.06. The van der Waals surface area contributed by atoms with E-state index in [4.69, 9.17) is 9.47 Å². The highest BCUT2D eigenvalue weighted by molar-refractivity contribution is 5.79. The van der Waals surface area contributed by atoms with E-state index in [1.54, 1.807) is 11.0 Å². The standard InChI is InChI=1S/C31H28F3NO3/c1-37-29-14-13-19(17-28(29)31(32,33)34)20-15-21-7-6-8-22(16-20)35(21)30(36)38-18-27-25-11-4-2-9-23(25)24-10-3-5-12-26(24)27/h2-5,9-15,17,21-22,27H,6-8,16,18H2,1H3. The van der Waals surface area contributed by atoms with Gasteiger partial charge in [0.05, 0.1) is 18.7 Å². The fraction of sp³-hybridized carbons (Fsp3) is 0.323. The van der Waals surface area contributed by atoms with Crippen LogP contribution in [0, 0.1) is 0 Å². The molecule has 3 aromatic carbocycles. The zero-order valence-corrected chi connectivity index (χ0v) is 21.0. The van der Waals surface area contributed by atoms with Crippen molar-refractivity contribution in [2.45, 2.75) is 49.9 Å². The number of fused-ring (bicyclic) bond motifs is 5. The summed E-state index contributed by atoms with van der Waals surface area (Å²) in [5.41, 5.74) is 5.21. The van der Waals surface area contributed by atoms with E-state index >= 15 is 0 Å². The molecule has 2 aliphatic heterocycles. The van der Waals surface area contributed by atoms with Crippen LogP contribution < -0.4 is 4.74 Å². The van der Waals surface area contributed by atoms with Gasteiger partial charge in [-0.2, -0.15) is 13.2 Å². The van der Waals surface area contributed by atoms with Crippen LogP contribution in [0.5, 0.6) is 5.75 Å². The molecule has 2 atom stereocenters. The van der Waals surface area contributed by atoms with Gasteiger partial charge >= 0.3 is 12.3 Å². The summed E-state index contributed by atoms with van der Waals surface area (Å²) in [6, 6.07) is 20.3. The highest BCUT2D eigenvalue weighted by Gasteiger charge is 2.40. The molecule has 4 nitrogen and oxygen atoms in total. The van der Waals surface area contributed by atoms with Crippen LogP contribution >= 0.6 is 0 Å². The maximum atomic E-state index is 13.6. The lowest BCUT2D eigenvalue weighted by Gasteiger charge is -2.44. The number of benzene rings is 3. The number of piperidine rings is 1. The topological polar surface area (TPSA) is 38.8 Å². The minimum atomic E-state index is -4.51. The Morgan fingerprint density at radius 3 is 2.29 bits per heavy atom. The van der Waals surface area contributed by atoms with Crippen molar-refractivity contribution in [3.8, 4) is 16.9 Å². The van der Waals surface area contributed by atoms with Crippen LogP contribution in [-0.2, 0) is 10.9 Å². The van der Waals surface area contributed by atoms with Gasteiger partial charge < -0.3 is 9.47 Å². The van der Waals surface area contributed by atoms with Gasteiger partial charge in [-0.05, 0) is 71.2 Å². The maximum Gasteiger partial charge on any atom is 0.419 e. The Balaban J connectivity index is 1.22. The van der Waals surface area contributed by atoms with Crippen LogP contribution in [0.2, 0.25) is 0 Å². The molecule has 0 radical (unpaired) electrons. The van der Waals surface area contributed by atoms with E-state index in [1.807, 2.05) is 30.3 Å². The van der Waals surface area contributed by atoms with Gasteiger partial charge in [-0.3, -0.25) is 4.90 Å². The van der Waals surface area contributed by atoms with Gasteiger partial charge in [-0.1, -0.05) is 60.7 Å². The van der Waals surface area contributed by atoms with Crippen molar-refractivity contribution in [2.24, 2.45) is 0 Å². The minimum absolute atomic E-state index is 0.0258. The number of carbonyl (C=O) groups excluding carboxylic acids is 1. The van der Waals surface area contributed by atoms with Crippen LogP contribution in [0.4, 0.5) is 18.0 Å².